The predicted octanol–water partition coefficient (Wildman–Crippen LogP) is 4.14. The van der Waals surface area contributed by atoms with E-state index in [1.54, 1.807) is 0 Å². The summed E-state index contributed by atoms with van der Waals surface area (Å²) in [5, 5.41) is 0.953. The smallest absolute Gasteiger partial charge is 0.253 e. The largest absolute Gasteiger partial charge is 0.339 e. The first-order valence-corrected chi connectivity index (χ1v) is 9.16. The normalized spacial score (nSPS) is 16.0. The number of rotatable bonds is 1. The van der Waals surface area contributed by atoms with E-state index < -0.39 is 0 Å². The number of piperidine rings is 1. The maximum atomic E-state index is 12.9. The molecule has 5 rings (SSSR count). The lowest BCUT2D eigenvalue weighted by molar-refractivity contribution is 0.0697. The van der Waals surface area contributed by atoms with Gasteiger partial charge < -0.3 is 9.88 Å². The molecule has 1 N–H and O–H groups in total. The number of fused-ring (bicyclic) bond motifs is 4. The Morgan fingerprint density at radius 2 is 1.81 bits per heavy atom. The van der Waals surface area contributed by atoms with E-state index in [-0.39, 0.29) is 5.91 Å². The fourth-order valence-corrected chi connectivity index (χ4v) is 3.78. The molecular weight excluding hydrogens is 324 g/mol. The molecule has 1 aliphatic rings. The van der Waals surface area contributed by atoms with Gasteiger partial charge in [-0.15, -0.1) is 0 Å². The summed E-state index contributed by atoms with van der Waals surface area (Å²) in [6, 6.07) is 13.7. The van der Waals surface area contributed by atoms with Gasteiger partial charge in [0.15, 0.2) is 5.65 Å². The van der Waals surface area contributed by atoms with E-state index in [2.05, 4.69) is 16.9 Å². The molecule has 2 aromatic heterocycles. The van der Waals surface area contributed by atoms with Crippen LogP contribution in [0.15, 0.2) is 42.5 Å². The molecule has 0 aliphatic carbocycles. The first-order chi connectivity index (χ1) is 12.7. The van der Waals surface area contributed by atoms with Gasteiger partial charge in [-0.05, 0) is 49.1 Å². The maximum Gasteiger partial charge on any atom is 0.253 e. The topological polar surface area (TPSA) is 61.9 Å². The van der Waals surface area contributed by atoms with Gasteiger partial charge in [-0.3, -0.25) is 4.79 Å². The van der Waals surface area contributed by atoms with Crippen LogP contribution in [0.2, 0.25) is 0 Å². The van der Waals surface area contributed by atoms with Gasteiger partial charge in [-0.25, -0.2) is 9.97 Å². The highest BCUT2D eigenvalue weighted by Crippen LogP contribution is 2.27. The van der Waals surface area contributed by atoms with Crippen molar-refractivity contribution in [3.8, 4) is 0 Å². The van der Waals surface area contributed by atoms with Crippen LogP contribution >= 0.6 is 0 Å². The minimum Gasteiger partial charge on any atom is -0.339 e. The molecule has 0 spiro atoms. The summed E-state index contributed by atoms with van der Waals surface area (Å²) < 4.78 is 0. The molecule has 0 saturated carbocycles. The molecule has 4 aromatic rings. The second kappa shape index (κ2) is 5.80. The number of nitrogens with one attached hydrogen (secondary N) is 1. The number of nitrogens with zero attached hydrogens (tertiary/aromatic N) is 3. The van der Waals surface area contributed by atoms with Crippen molar-refractivity contribution in [1.82, 2.24) is 19.9 Å². The van der Waals surface area contributed by atoms with Crippen LogP contribution in [0, 0.1) is 5.92 Å². The summed E-state index contributed by atoms with van der Waals surface area (Å²) in [6.07, 6.45) is 2.16. The minimum atomic E-state index is 0.113. The molecule has 3 heterocycles. The van der Waals surface area contributed by atoms with Crippen molar-refractivity contribution in [3.05, 3.63) is 48.0 Å². The van der Waals surface area contributed by atoms with E-state index in [4.69, 9.17) is 4.98 Å². The first-order valence-electron chi connectivity index (χ1n) is 9.16. The van der Waals surface area contributed by atoms with Crippen molar-refractivity contribution in [1.29, 1.82) is 0 Å². The van der Waals surface area contributed by atoms with E-state index in [1.807, 2.05) is 47.4 Å². The monoisotopic (exact) mass is 344 g/mol. The van der Waals surface area contributed by atoms with Gasteiger partial charge in [0.2, 0.25) is 0 Å². The molecule has 1 saturated heterocycles. The molecular formula is C21H20N4O. The van der Waals surface area contributed by atoms with E-state index in [0.717, 1.165) is 64.6 Å². The van der Waals surface area contributed by atoms with Crippen LogP contribution in [0.3, 0.4) is 0 Å². The van der Waals surface area contributed by atoms with Crippen molar-refractivity contribution >= 4 is 39.0 Å². The number of benzene rings is 2. The van der Waals surface area contributed by atoms with Crippen molar-refractivity contribution in [3.63, 3.8) is 0 Å². The van der Waals surface area contributed by atoms with E-state index in [0.29, 0.717) is 5.92 Å². The Kier molecular flexibility index (Phi) is 3.42. The lowest BCUT2D eigenvalue weighted by Gasteiger charge is -2.30. The highest BCUT2D eigenvalue weighted by Gasteiger charge is 2.22. The number of likely N-dealkylation sites (tertiary alicyclic amines) is 1. The Hall–Kier alpha value is -2.95. The van der Waals surface area contributed by atoms with Crippen molar-refractivity contribution in [2.75, 3.05) is 13.1 Å². The zero-order valence-electron chi connectivity index (χ0n) is 14.7. The zero-order valence-corrected chi connectivity index (χ0v) is 14.7. The highest BCUT2D eigenvalue weighted by atomic mass is 16.2. The van der Waals surface area contributed by atoms with Crippen LogP contribution in [-0.4, -0.2) is 38.8 Å². The number of para-hydroxylation sites is 2. The van der Waals surface area contributed by atoms with Crippen LogP contribution in [0.5, 0.6) is 0 Å². The van der Waals surface area contributed by atoms with Crippen molar-refractivity contribution in [2.45, 2.75) is 19.8 Å². The number of aromatic amines is 1. The molecule has 0 unspecified atom stereocenters. The van der Waals surface area contributed by atoms with Gasteiger partial charge in [0.1, 0.15) is 5.52 Å². The molecule has 2 aromatic carbocycles. The minimum absolute atomic E-state index is 0.113. The quantitative estimate of drug-likeness (QED) is 0.564. The molecule has 1 amide bonds. The fourth-order valence-electron chi connectivity index (χ4n) is 3.78. The van der Waals surface area contributed by atoms with Crippen molar-refractivity contribution < 1.29 is 4.79 Å². The number of amides is 1. The molecule has 0 radical (unpaired) electrons. The Morgan fingerprint density at radius 3 is 2.58 bits per heavy atom. The van der Waals surface area contributed by atoms with Gasteiger partial charge in [0.25, 0.3) is 5.91 Å². The number of H-pyrrole nitrogens is 1. The lowest BCUT2D eigenvalue weighted by atomic mass is 9.98. The summed E-state index contributed by atoms with van der Waals surface area (Å²) in [5.74, 6) is 0.820. The Balaban J connectivity index is 1.60. The number of carbonyl (C=O) groups excluding carboxylic acids is 1. The van der Waals surface area contributed by atoms with E-state index in [1.165, 1.54) is 0 Å². The third kappa shape index (κ3) is 2.43. The SMILES string of the molecule is CC1CCN(C(=O)c2ccc3[nH]c4nc5ccccc5nc4c3c2)CC1. The molecule has 0 atom stereocenters. The average molecular weight is 344 g/mol. The second-order valence-corrected chi connectivity index (χ2v) is 7.27. The molecule has 5 heteroatoms. The fraction of sp³-hybridized carbons (Fsp3) is 0.286. The number of carbonyl (C=O) groups is 1. The summed E-state index contributed by atoms with van der Waals surface area (Å²) in [5.41, 5.74) is 4.99. The Labute approximate surface area is 151 Å². The molecule has 1 fully saturated rings. The van der Waals surface area contributed by atoms with Gasteiger partial charge in [-0.1, -0.05) is 19.1 Å². The number of hydrogen-bond donors (Lipinski definition) is 1. The molecule has 0 bridgehead atoms. The van der Waals surface area contributed by atoms with Crippen LogP contribution < -0.4 is 0 Å². The first kappa shape index (κ1) is 15.3. The van der Waals surface area contributed by atoms with Crippen LogP contribution in [0.25, 0.3) is 33.1 Å². The van der Waals surface area contributed by atoms with Gasteiger partial charge >= 0.3 is 0 Å². The standard InChI is InChI=1S/C21H20N4O/c1-13-8-10-25(11-9-13)21(26)14-6-7-16-15(12-14)19-20(23-16)24-18-5-3-2-4-17(18)22-19/h2-7,12-13H,8-11H2,1H3,(H,23,24). The zero-order chi connectivity index (χ0) is 17.7. The third-order valence-electron chi connectivity index (χ3n) is 5.42. The summed E-state index contributed by atoms with van der Waals surface area (Å²) in [7, 11) is 0. The third-order valence-corrected chi connectivity index (χ3v) is 5.42. The summed E-state index contributed by atoms with van der Waals surface area (Å²) >= 11 is 0. The maximum absolute atomic E-state index is 12.9. The van der Waals surface area contributed by atoms with Gasteiger partial charge in [0, 0.05) is 29.6 Å². The van der Waals surface area contributed by atoms with Crippen LogP contribution in [0.1, 0.15) is 30.1 Å². The lowest BCUT2D eigenvalue weighted by Crippen LogP contribution is -2.37. The second-order valence-electron chi connectivity index (χ2n) is 7.27. The molecule has 5 nitrogen and oxygen atoms in total. The molecule has 1 aliphatic heterocycles. The van der Waals surface area contributed by atoms with Gasteiger partial charge in [-0.2, -0.15) is 0 Å². The summed E-state index contributed by atoms with van der Waals surface area (Å²) in [4.78, 5) is 27.6. The average Bonchev–Trinajstić information content (AvgIpc) is 3.03. The Bertz CT molecular complexity index is 1140. The van der Waals surface area contributed by atoms with Crippen LogP contribution in [-0.2, 0) is 0 Å². The summed E-state index contributed by atoms with van der Waals surface area (Å²) in [6.45, 7) is 3.94. The number of hydrogen-bond acceptors (Lipinski definition) is 3. The molecule has 26 heavy (non-hydrogen) atoms. The molecule has 130 valence electrons. The number of aromatic nitrogens is 3. The van der Waals surface area contributed by atoms with Crippen molar-refractivity contribution in [2.24, 2.45) is 5.92 Å². The predicted molar refractivity (Wildman–Crippen MR) is 103 cm³/mol. The van der Waals surface area contributed by atoms with E-state index in [9.17, 15) is 4.79 Å². The van der Waals surface area contributed by atoms with E-state index >= 15 is 0 Å². The van der Waals surface area contributed by atoms with Gasteiger partial charge in [0.05, 0.1) is 11.0 Å². The Morgan fingerprint density at radius 1 is 1.08 bits per heavy atom. The van der Waals surface area contributed by atoms with Crippen LogP contribution in [0.4, 0.5) is 0 Å². The highest BCUT2D eigenvalue weighted by molar-refractivity contribution is 6.08.